The van der Waals surface area contributed by atoms with Gasteiger partial charge in [-0.2, -0.15) is 12.7 Å². The zero-order valence-electron chi connectivity index (χ0n) is 10.3. The van der Waals surface area contributed by atoms with Crippen LogP contribution in [-0.4, -0.2) is 62.8 Å². The normalized spacial score (nSPS) is 22.2. The molecule has 0 bridgehead atoms. The molecule has 18 heavy (non-hydrogen) atoms. The first-order valence-electron chi connectivity index (χ1n) is 6.23. The molecule has 1 aliphatic heterocycles. The molecule has 7 nitrogen and oxygen atoms in total. The molecule has 8 heteroatoms. The van der Waals surface area contributed by atoms with E-state index in [2.05, 4.69) is 5.32 Å². The highest BCUT2D eigenvalue weighted by Gasteiger charge is 2.26. The van der Waals surface area contributed by atoms with Crippen molar-refractivity contribution in [2.45, 2.75) is 12.8 Å². The van der Waals surface area contributed by atoms with Crippen LogP contribution in [0, 0.1) is 5.92 Å². The molecule has 1 saturated carbocycles. The molecule has 0 atom stereocenters. The Labute approximate surface area is 107 Å². The molecule has 0 aromatic rings. The maximum atomic E-state index is 11.8. The molecule has 1 amide bonds. The SMILES string of the molecule is NS(=O)(=O)N1CCN(C(=O)CNCC2CC2)CC1. The van der Waals surface area contributed by atoms with Gasteiger partial charge in [-0.1, -0.05) is 0 Å². The van der Waals surface area contributed by atoms with Crippen molar-refractivity contribution in [3.05, 3.63) is 0 Å². The second-order valence-corrected chi connectivity index (χ2v) is 6.45. The fourth-order valence-corrected chi connectivity index (χ4v) is 2.68. The lowest BCUT2D eigenvalue weighted by Gasteiger charge is -2.33. The fraction of sp³-hybridized carbons (Fsp3) is 0.900. The third kappa shape index (κ3) is 3.91. The van der Waals surface area contributed by atoms with Crippen LogP contribution in [0.4, 0.5) is 0 Å². The Morgan fingerprint density at radius 1 is 1.22 bits per heavy atom. The molecule has 0 spiro atoms. The largest absolute Gasteiger partial charge is 0.339 e. The summed E-state index contributed by atoms with van der Waals surface area (Å²) < 4.78 is 23.4. The third-order valence-electron chi connectivity index (χ3n) is 3.36. The maximum absolute atomic E-state index is 11.8. The number of hydrogen-bond acceptors (Lipinski definition) is 4. The summed E-state index contributed by atoms with van der Waals surface area (Å²) in [5.74, 6) is 0.779. The molecule has 2 fully saturated rings. The lowest BCUT2D eigenvalue weighted by molar-refractivity contribution is -0.131. The van der Waals surface area contributed by atoms with E-state index in [9.17, 15) is 13.2 Å². The van der Waals surface area contributed by atoms with Gasteiger partial charge in [-0.25, -0.2) is 5.14 Å². The van der Waals surface area contributed by atoms with Crippen LogP contribution in [-0.2, 0) is 15.0 Å². The van der Waals surface area contributed by atoms with Gasteiger partial charge in [-0.05, 0) is 25.3 Å². The molecule has 1 saturated heterocycles. The van der Waals surface area contributed by atoms with Crippen LogP contribution >= 0.6 is 0 Å². The molecule has 0 aromatic carbocycles. The number of amides is 1. The number of rotatable bonds is 5. The Kier molecular flexibility index (Phi) is 4.21. The van der Waals surface area contributed by atoms with E-state index >= 15 is 0 Å². The highest BCUT2D eigenvalue weighted by molar-refractivity contribution is 7.86. The summed E-state index contributed by atoms with van der Waals surface area (Å²) in [6, 6.07) is 0. The molecule has 2 aliphatic rings. The molecular weight excluding hydrogens is 256 g/mol. The first-order valence-corrected chi connectivity index (χ1v) is 7.73. The predicted molar refractivity (Wildman–Crippen MR) is 66.9 cm³/mol. The van der Waals surface area contributed by atoms with Crippen LogP contribution in [0.15, 0.2) is 0 Å². The average Bonchev–Trinajstić information content (AvgIpc) is 3.12. The van der Waals surface area contributed by atoms with Crippen molar-refractivity contribution >= 4 is 16.1 Å². The minimum atomic E-state index is -3.62. The Balaban J connectivity index is 1.69. The smallest absolute Gasteiger partial charge is 0.277 e. The van der Waals surface area contributed by atoms with Crippen molar-refractivity contribution in [2.75, 3.05) is 39.3 Å². The molecule has 104 valence electrons. The van der Waals surface area contributed by atoms with E-state index in [1.54, 1.807) is 4.90 Å². The molecule has 1 aliphatic carbocycles. The van der Waals surface area contributed by atoms with Gasteiger partial charge in [0.2, 0.25) is 5.91 Å². The number of carbonyl (C=O) groups is 1. The third-order valence-corrected chi connectivity index (χ3v) is 4.44. The number of hydrogen-bond donors (Lipinski definition) is 2. The van der Waals surface area contributed by atoms with E-state index in [1.807, 2.05) is 0 Å². The van der Waals surface area contributed by atoms with Crippen LogP contribution < -0.4 is 10.5 Å². The van der Waals surface area contributed by atoms with Gasteiger partial charge in [0.25, 0.3) is 10.2 Å². The quantitative estimate of drug-likeness (QED) is 0.628. The molecule has 3 N–H and O–H groups in total. The van der Waals surface area contributed by atoms with Gasteiger partial charge in [0, 0.05) is 26.2 Å². The molecular formula is C10H20N4O3S. The van der Waals surface area contributed by atoms with Crippen LogP contribution in [0.3, 0.4) is 0 Å². The van der Waals surface area contributed by atoms with Crippen molar-refractivity contribution in [3.63, 3.8) is 0 Å². The molecule has 1 heterocycles. The van der Waals surface area contributed by atoms with Crippen molar-refractivity contribution in [1.29, 1.82) is 0 Å². The van der Waals surface area contributed by atoms with Crippen molar-refractivity contribution in [2.24, 2.45) is 11.1 Å². The van der Waals surface area contributed by atoms with Crippen molar-refractivity contribution < 1.29 is 13.2 Å². The van der Waals surface area contributed by atoms with Crippen molar-refractivity contribution in [3.8, 4) is 0 Å². The fourth-order valence-electron chi connectivity index (χ4n) is 2.01. The zero-order valence-corrected chi connectivity index (χ0v) is 11.2. The van der Waals surface area contributed by atoms with E-state index in [0.717, 1.165) is 12.5 Å². The number of nitrogens with one attached hydrogen (secondary N) is 1. The van der Waals surface area contributed by atoms with E-state index in [4.69, 9.17) is 5.14 Å². The predicted octanol–water partition coefficient (Wildman–Crippen LogP) is -1.67. The standard InChI is InChI=1S/C10H20N4O3S/c11-18(16,17)14-5-3-13(4-6-14)10(15)8-12-7-9-1-2-9/h9,12H,1-8H2,(H2,11,16,17). The number of piperazine rings is 1. The second kappa shape index (κ2) is 5.52. The van der Waals surface area contributed by atoms with Gasteiger partial charge in [0.1, 0.15) is 0 Å². The first kappa shape index (κ1) is 13.7. The highest BCUT2D eigenvalue weighted by Crippen LogP contribution is 2.27. The van der Waals surface area contributed by atoms with E-state index in [0.29, 0.717) is 19.6 Å². The Morgan fingerprint density at radius 2 is 1.83 bits per heavy atom. The summed E-state index contributed by atoms with van der Waals surface area (Å²) >= 11 is 0. The summed E-state index contributed by atoms with van der Waals surface area (Å²) in [7, 11) is -3.62. The number of nitrogens with zero attached hydrogens (tertiary/aromatic N) is 2. The van der Waals surface area contributed by atoms with Crippen LogP contribution in [0.5, 0.6) is 0 Å². The Bertz CT molecular complexity index is 399. The van der Waals surface area contributed by atoms with Crippen LogP contribution in [0.1, 0.15) is 12.8 Å². The number of carbonyl (C=O) groups excluding carboxylic acids is 1. The lowest BCUT2D eigenvalue weighted by atomic mass is 10.3. The zero-order chi connectivity index (χ0) is 13.2. The van der Waals surface area contributed by atoms with Gasteiger partial charge < -0.3 is 10.2 Å². The van der Waals surface area contributed by atoms with E-state index in [1.165, 1.54) is 17.1 Å². The summed E-state index contributed by atoms with van der Waals surface area (Å²) in [5, 5.41) is 8.17. The maximum Gasteiger partial charge on any atom is 0.277 e. The molecule has 0 unspecified atom stereocenters. The minimum Gasteiger partial charge on any atom is -0.339 e. The van der Waals surface area contributed by atoms with Gasteiger partial charge in [-0.15, -0.1) is 0 Å². The number of nitrogens with two attached hydrogens (primary N) is 1. The monoisotopic (exact) mass is 276 g/mol. The van der Waals surface area contributed by atoms with Crippen LogP contribution in [0.25, 0.3) is 0 Å². The molecule has 2 rings (SSSR count). The minimum absolute atomic E-state index is 0.0321. The average molecular weight is 276 g/mol. The highest BCUT2D eigenvalue weighted by atomic mass is 32.2. The first-order chi connectivity index (χ1) is 8.47. The van der Waals surface area contributed by atoms with Gasteiger partial charge in [-0.3, -0.25) is 4.79 Å². The molecule has 0 radical (unpaired) electrons. The van der Waals surface area contributed by atoms with Gasteiger partial charge in [0.15, 0.2) is 0 Å². The Hall–Kier alpha value is -0.700. The summed E-state index contributed by atoms with van der Waals surface area (Å²) in [5.41, 5.74) is 0. The Morgan fingerprint density at radius 3 is 2.33 bits per heavy atom. The topological polar surface area (TPSA) is 95.7 Å². The van der Waals surface area contributed by atoms with E-state index in [-0.39, 0.29) is 19.0 Å². The van der Waals surface area contributed by atoms with Gasteiger partial charge >= 0.3 is 0 Å². The van der Waals surface area contributed by atoms with Crippen molar-refractivity contribution in [1.82, 2.24) is 14.5 Å². The lowest BCUT2D eigenvalue weighted by Crippen LogP contribution is -2.53. The van der Waals surface area contributed by atoms with Crippen LogP contribution in [0.2, 0.25) is 0 Å². The summed E-state index contributed by atoms with van der Waals surface area (Å²) in [4.78, 5) is 13.5. The summed E-state index contributed by atoms with van der Waals surface area (Å²) in [6.07, 6.45) is 2.52. The second-order valence-electron chi connectivity index (χ2n) is 4.90. The van der Waals surface area contributed by atoms with Gasteiger partial charge in [0.05, 0.1) is 6.54 Å². The summed E-state index contributed by atoms with van der Waals surface area (Å²) in [6.45, 7) is 2.65. The van der Waals surface area contributed by atoms with E-state index < -0.39 is 10.2 Å². The molecule has 0 aromatic heterocycles.